The first-order valence-corrected chi connectivity index (χ1v) is 8.91. The molecule has 0 saturated carbocycles. The van der Waals surface area contributed by atoms with Gasteiger partial charge < -0.3 is 9.47 Å². The second kappa shape index (κ2) is 7.88. The first-order valence-electron chi connectivity index (χ1n) is 8.91. The Kier molecular flexibility index (Phi) is 5.11. The fraction of sp³-hybridized carbons (Fsp3) is 0.143. The van der Waals surface area contributed by atoms with Crippen molar-refractivity contribution in [2.24, 2.45) is 0 Å². The van der Waals surface area contributed by atoms with Crippen molar-refractivity contribution in [2.45, 2.75) is 0 Å². The summed E-state index contributed by atoms with van der Waals surface area (Å²) in [6.07, 6.45) is 0. The number of hydroxylamine groups is 2. The van der Waals surface area contributed by atoms with Gasteiger partial charge in [-0.25, -0.2) is 14.2 Å². The second-order valence-electron chi connectivity index (χ2n) is 6.29. The van der Waals surface area contributed by atoms with Crippen LogP contribution in [0.3, 0.4) is 0 Å². The lowest BCUT2D eigenvalue weighted by molar-refractivity contribution is -0.0975. The smallest absolute Gasteiger partial charge is 0.356 e. The van der Waals surface area contributed by atoms with Crippen molar-refractivity contribution < 1.29 is 33.1 Å². The molecule has 1 aliphatic rings. The standard InChI is InChI=1S/C21H15FN2O6/c1-28-21(27)17-11-18(15-10-12(22)6-7-16(15)23-17)29-8-9-30-24-19(25)13-4-2-3-5-14(13)20(24)26/h2-7,10-11H,8-9H2,1H3. The number of halogens is 1. The number of methoxy groups -OCH3 is 1. The van der Waals surface area contributed by atoms with Gasteiger partial charge in [-0.2, -0.15) is 0 Å². The van der Waals surface area contributed by atoms with Crippen LogP contribution in [-0.4, -0.2) is 48.2 Å². The largest absolute Gasteiger partial charge is 0.490 e. The molecule has 3 aromatic rings. The Morgan fingerprint density at radius 3 is 2.40 bits per heavy atom. The molecule has 0 atom stereocenters. The van der Waals surface area contributed by atoms with Gasteiger partial charge in [-0.3, -0.25) is 14.4 Å². The third-order valence-electron chi connectivity index (χ3n) is 4.45. The number of fused-ring (bicyclic) bond motifs is 2. The highest BCUT2D eigenvalue weighted by Crippen LogP contribution is 2.27. The Hall–Kier alpha value is -3.85. The van der Waals surface area contributed by atoms with E-state index in [9.17, 15) is 18.8 Å². The number of benzene rings is 2. The number of nitrogens with zero attached hydrogens (tertiary/aromatic N) is 2. The van der Waals surface area contributed by atoms with Gasteiger partial charge in [-0.1, -0.05) is 12.1 Å². The predicted octanol–water partition coefficient (Wildman–Crippen LogP) is 2.77. The summed E-state index contributed by atoms with van der Waals surface area (Å²) >= 11 is 0. The number of rotatable bonds is 6. The maximum atomic E-state index is 13.7. The summed E-state index contributed by atoms with van der Waals surface area (Å²) < 4.78 is 24.0. The molecule has 1 aliphatic heterocycles. The van der Waals surface area contributed by atoms with Crippen molar-refractivity contribution >= 4 is 28.7 Å². The molecule has 152 valence electrons. The molecular weight excluding hydrogens is 395 g/mol. The molecule has 2 aromatic carbocycles. The van der Waals surface area contributed by atoms with Crippen LogP contribution in [-0.2, 0) is 9.57 Å². The zero-order chi connectivity index (χ0) is 21.3. The van der Waals surface area contributed by atoms with Gasteiger partial charge in [0.2, 0.25) is 0 Å². The monoisotopic (exact) mass is 410 g/mol. The maximum absolute atomic E-state index is 13.7. The number of aromatic nitrogens is 1. The first kappa shape index (κ1) is 19.5. The zero-order valence-corrected chi connectivity index (χ0v) is 15.8. The number of esters is 1. The third kappa shape index (κ3) is 3.46. The van der Waals surface area contributed by atoms with Gasteiger partial charge in [0.05, 0.1) is 23.8 Å². The second-order valence-corrected chi connectivity index (χ2v) is 6.29. The van der Waals surface area contributed by atoms with Crippen molar-refractivity contribution in [3.63, 3.8) is 0 Å². The van der Waals surface area contributed by atoms with Crippen LogP contribution in [0.2, 0.25) is 0 Å². The number of amides is 2. The molecule has 0 spiro atoms. The minimum atomic E-state index is -0.673. The van der Waals surface area contributed by atoms with E-state index in [0.717, 1.165) is 0 Å². The van der Waals surface area contributed by atoms with Crippen LogP contribution in [0.4, 0.5) is 4.39 Å². The molecule has 0 saturated heterocycles. The Bertz CT molecular complexity index is 1140. The Morgan fingerprint density at radius 2 is 1.73 bits per heavy atom. The quantitative estimate of drug-likeness (QED) is 0.350. The van der Waals surface area contributed by atoms with Crippen molar-refractivity contribution in [3.05, 3.63) is 71.2 Å². The first-order chi connectivity index (χ1) is 14.5. The van der Waals surface area contributed by atoms with Crippen LogP contribution >= 0.6 is 0 Å². The maximum Gasteiger partial charge on any atom is 0.356 e. The molecular formula is C21H15FN2O6. The van der Waals surface area contributed by atoms with E-state index in [0.29, 0.717) is 16.0 Å². The molecule has 2 amide bonds. The van der Waals surface area contributed by atoms with Crippen LogP contribution in [0.5, 0.6) is 5.75 Å². The van der Waals surface area contributed by atoms with Crippen LogP contribution in [0.15, 0.2) is 48.5 Å². The number of ether oxygens (including phenoxy) is 2. The molecule has 0 radical (unpaired) electrons. The average Bonchev–Trinajstić information content (AvgIpc) is 3.00. The van der Waals surface area contributed by atoms with Gasteiger partial charge >= 0.3 is 5.97 Å². The van der Waals surface area contributed by atoms with Crippen molar-refractivity contribution in [1.82, 2.24) is 10.0 Å². The van der Waals surface area contributed by atoms with Gasteiger partial charge in [-0.05, 0) is 30.3 Å². The van der Waals surface area contributed by atoms with Crippen molar-refractivity contribution in [2.75, 3.05) is 20.3 Å². The van der Waals surface area contributed by atoms with E-state index in [2.05, 4.69) is 9.72 Å². The van der Waals surface area contributed by atoms with E-state index >= 15 is 0 Å². The normalized spacial score (nSPS) is 12.9. The predicted molar refractivity (Wildman–Crippen MR) is 101 cm³/mol. The lowest BCUT2D eigenvalue weighted by Crippen LogP contribution is -2.31. The lowest BCUT2D eigenvalue weighted by atomic mass is 10.1. The number of imide groups is 1. The highest BCUT2D eigenvalue weighted by molar-refractivity contribution is 6.20. The number of pyridine rings is 1. The van der Waals surface area contributed by atoms with E-state index in [1.807, 2.05) is 0 Å². The van der Waals surface area contributed by atoms with Crippen molar-refractivity contribution in [3.8, 4) is 5.75 Å². The number of hydrogen-bond donors (Lipinski definition) is 0. The van der Waals surface area contributed by atoms with Gasteiger partial charge in [0.25, 0.3) is 11.8 Å². The summed E-state index contributed by atoms with van der Waals surface area (Å²) in [5.74, 6) is -2.10. The molecule has 8 nitrogen and oxygen atoms in total. The highest BCUT2D eigenvalue weighted by Gasteiger charge is 2.36. The molecule has 0 fully saturated rings. The summed E-state index contributed by atoms with van der Waals surface area (Å²) in [4.78, 5) is 45.8. The Morgan fingerprint density at radius 1 is 1.03 bits per heavy atom. The van der Waals surface area contributed by atoms with E-state index in [1.54, 1.807) is 24.3 Å². The minimum Gasteiger partial charge on any atom is -0.490 e. The molecule has 9 heteroatoms. The van der Waals surface area contributed by atoms with E-state index < -0.39 is 23.6 Å². The van der Waals surface area contributed by atoms with Crippen LogP contribution in [0.25, 0.3) is 10.9 Å². The van der Waals surface area contributed by atoms with E-state index in [-0.39, 0.29) is 35.8 Å². The van der Waals surface area contributed by atoms with E-state index in [1.165, 1.54) is 31.4 Å². The number of hydrogen-bond acceptors (Lipinski definition) is 7. The van der Waals surface area contributed by atoms with Gasteiger partial charge in [0, 0.05) is 11.5 Å². The van der Waals surface area contributed by atoms with Gasteiger partial charge in [0.15, 0.2) is 5.69 Å². The molecule has 0 N–H and O–H groups in total. The fourth-order valence-corrected chi connectivity index (χ4v) is 3.06. The molecule has 0 bridgehead atoms. The fourth-order valence-electron chi connectivity index (χ4n) is 3.06. The third-order valence-corrected chi connectivity index (χ3v) is 4.45. The van der Waals surface area contributed by atoms with Gasteiger partial charge in [0.1, 0.15) is 24.8 Å². The Balaban J connectivity index is 1.48. The molecule has 2 heterocycles. The van der Waals surface area contributed by atoms with Crippen LogP contribution < -0.4 is 4.74 Å². The molecule has 4 rings (SSSR count). The minimum absolute atomic E-state index is 0.00660. The number of carbonyl (C=O) groups is 3. The van der Waals surface area contributed by atoms with Gasteiger partial charge in [-0.15, -0.1) is 5.06 Å². The SMILES string of the molecule is COC(=O)c1cc(OCCON2C(=O)c3ccccc3C2=O)c2cc(F)ccc2n1. The van der Waals surface area contributed by atoms with Crippen LogP contribution in [0.1, 0.15) is 31.2 Å². The lowest BCUT2D eigenvalue weighted by Gasteiger charge is -2.15. The topological polar surface area (TPSA) is 95.0 Å². The van der Waals surface area contributed by atoms with Crippen molar-refractivity contribution in [1.29, 1.82) is 0 Å². The highest BCUT2D eigenvalue weighted by atomic mass is 19.1. The molecule has 1 aromatic heterocycles. The molecule has 30 heavy (non-hydrogen) atoms. The Labute approximate surface area is 169 Å². The summed E-state index contributed by atoms with van der Waals surface area (Å²) in [5.41, 5.74) is 0.868. The summed E-state index contributed by atoms with van der Waals surface area (Å²) in [6.45, 7) is -0.220. The average molecular weight is 410 g/mol. The molecule has 0 aliphatic carbocycles. The molecule has 0 unspecified atom stereocenters. The zero-order valence-electron chi connectivity index (χ0n) is 15.8. The van der Waals surface area contributed by atoms with E-state index in [4.69, 9.17) is 9.57 Å². The van der Waals surface area contributed by atoms with Crippen LogP contribution in [0, 0.1) is 5.82 Å². The number of carbonyl (C=O) groups excluding carboxylic acids is 3. The summed E-state index contributed by atoms with van der Waals surface area (Å²) in [6, 6.07) is 11.6. The summed E-state index contributed by atoms with van der Waals surface area (Å²) in [5, 5.41) is 1.03. The summed E-state index contributed by atoms with van der Waals surface area (Å²) in [7, 11) is 1.22.